The Hall–Kier alpha value is -1.59. The Kier molecular flexibility index (Phi) is 2.50. The predicted molar refractivity (Wildman–Crippen MR) is 71.2 cm³/mol. The average Bonchev–Trinajstić information content (AvgIpc) is 2.98. The van der Waals surface area contributed by atoms with Crippen LogP contribution in [0.4, 0.5) is 5.82 Å². The van der Waals surface area contributed by atoms with Crippen LogP contribution in [0, 0.1) is 0 Å². The van der Waals surface area contributed by atoms with Crippen LogP contribution in [0.15, 0.2) is 24.4 Å². The summed E-state index contributed by atoms with van der Waals surface area (Å²) in [5.74, 6) is 0.911. The van der Waals surface area contributed by atoms with E-state index < -0.39 is 0 Å². The number of morpholine rings is 1. The zero-order valence-electron chi connectivity index (χ0n) is 10.7. The van der Waals surface area contributed by atoms with Gasteiger partial charge in [-0.2, -0.15) is 0 Å². The highest BCUT2D eigenvalue weighted by Crippen LogP contribution is 2.31. The van der Waals surface area contributed by atoms with E-state index in [9.17, 15) is 5.11 Å². The molecular weight excluding hydrogens is 242 g/mol. The van der Waals surface area contributed by atoms with Gasteiger partial charge in [-0.05, 0) is 25.0 Å². The number of aliphatic hydroxyl groups is 1. The highest BCUT2D eigenvalue weighted by molar-refractivity contribution is 5.56. The van der Waals surface area contributed by atoms with E-state index in [1.54, 1.807) is 0 Å². The van der Waals surface area contributed by atoms with Crippen molar-refractivity contribution >= 4 is 11.5 Å². The third-order valence-electron chi connectivity index (χ3n) is 4.10. The smallest absolute Gasteiger partial charge is 0.153 e. The maximum atomic E-state index is 9.66. The molecule has 4 rings (SSSR count). The molecule has 2 aliphatic heterocycles. The molecule has 2 aromatic rings. The number of ether oxygens (including phenoxy) is 1. The average molecular weight is 259 g/mol. The molecule has 0 saturated carbocycles. The van der Waals surface area contributed by atoms with Gasteiger partial charge >= 0.3 is 0 Å². The lowest BCUT2D eigenvalue weighted by atomic mass is 10.2. The van der Waals surface area contributed by atoms with Crippen molar-refractivity contribution in [3.63, 3.8) is 0 Å². The van der Waals surface area contributed by atoms with Crippen LogP contribution in [0.3, 0.4) is 0 Å². The largest absolute Gasteiger partial charge is 0.390 e. The minimum Gasteiger partial charge on any atom is -0.390 e. The Morgan fingerprint density at radius 2 is 2.05 bits per heavy atom. The monoisotopic (exact) mass is 259 g/mol. The summed E-state index contributed by atoms with van der Waals surface area (Å²) in [4.78, 5) is 6.95. The van der Waals surface area contributed by atoms with Crippen molar-refractivity contribution in [2.75, 3.05) is 18.0 Å². The summed E-state index contributed by atoms with van der Waals surface area (Å²) in [5.41, 5.74) is 1.76. The minimum atomic E-state index is 0.00715. The Labute approximate surface area is 111 Å². The molecule has 2 unspecified atom stereocenters. The molecule has 0 spiro atoms. The lowest BCUT2D eigenvalue weighted by Crippen LogP contribution is -2.43. The molecule has 1 N–H and O–H groups in total. The molecular formula is C14H17N3O2. The Morgan fingerprint density at radius 1 is 1.26 bits per heavy atom. The number of aliphatic hydroxyl groups excluding tert-OH is 1. The van der Waals surface area contributed by atoms with Crippen molar-refractivity contribution in [2.45, 2.75) is 31.7 Å². The van der Waals surface area contributed by atoms with E-state index in [0.29, 0.717) is 12.2 Å². The highest BCUT2D eigenvalue weighted by Gasteiger charge is 2.35. The third kappa shape index (κ3) is 1.73. The van der Waals surface area contributed by atoms with Gasteiger partial charge in [0.15, 0.2) is 5.82 Å². The SMILES string of the molecule is OCc1c(N2CC3CCC(C2)O3)nc2ccccn12. The number of aromatic nitrogens is 2. The fourth-order valence-corrected chi connectivity index (χ4v) is 3.22. The van der Waals surface area contributed by atoms with Gasteiger partial charge in [0.05, 0.1) is 24.5 Å². The van der Waals surface area contributed by atoms with Crippen LogP contribution in [0.5, 0.6) is 0 Å². The molecule has 2 saturated heterocycles. The standard InChI is InChI=1S/C14H17N3O2/c18-9-12-14(15-13-3-1-2-6-17(12)13)16-7-10-4-5-11(8-16)19-10/h1-3,6,10-11,18H,4-5,7-9H2. The molecule has 0 aliphatic carbocycles. The summed E-state index contributed by atoms with van der Waals surface area (Å²) in [5, 5.41) is 9.66. The fourth-order valence-electron chi connectivity index (χ4n) is 3.22. The van der Waals surface area contributed by atoms with Gasteiger partial charge in [-0.25, -0.2) is 4.98 Å². The van der Waals surface area contributed by atoms with E-state index in [2.05, 4.69) is 9.88 Å². The molecule has 0 radical (unpaired) electrons. The number of nitrogens with zero attached hydrogens (tertiary/aromatic N) is 3. The number of fused-ring (bicyclic) bond motifs is 3. The van der Waals surface area contributed by atoms with Crippen LogP contribution in [0.1, 0.15) is 18.5 Å². The van der Waals surface area contributed by atoms with Gasteiger partial charge in [-0.15, -0.1) is 0 Å². The molecule has 2 aliphatic rings. The van der Waals surface area contributed by atoms with E-state index in [0.717, 1.165) is 43.1 Å². The van der Waals surface area contributed by atoms with Gasteiger partial charge < -0.3 is 14.7 Å². The van der Waals surface area contributed by atoms with Gasteiger partial charge in [0.1, 0.15) is 5.65 Å². The molecule has 2 aromatic heterocycles. The maximum Gasteiger partial charge on any atom is 0.153 e. The molecule has 0 aromatic carbocycles. The number of hydrogen-bond acceptors (Lipinski definition) is 4. The second kappa shape index (κ2) is 4.21. The first-order chi connectivity index (χ1) is 9.35. The first-order valence-electron chi connectivity index (χ1n) is 6.82. The molecule has 19 heavy (non-hydrogen) atoms. The number of rotatable bonds is 2. The lowest BCUT2D eigenvalue weighted by molar-refractivity contribution is 0.0301. The first kappa shape index (κ1) is 11.3. The van der Waals surface area contributed by atoms with Gasteiger partial charge in [-0.3, -0.25) is 4.40 Å². The van der Waals surface area contributed by atoms with E-state index in [1.165, 1.54) is 0 Å². The zero-order chi connectivity index (χ0) is 12.8. The van der Waals surface area contributed by atoms with Crippen LogP contribution in [-0.2, 0) is 11.3 Å². The topological polar surface area (TPSA) is 50.0 Å². The Morgan fingerprint density at radius 3 is 2.79 bits per heavy atom. The van der Waals surface area contributed by atoms with Crippen molar-refractivity contribution in [1.29, 1.82) is 0 Å². The van der Waals surface area contributed by atoms with Crippen LogP contribution in [0.25, 0.3) is 5.65 Å². The van der Waals surface area contributed by atoms with Gasteiger partial charge in [-0.1, -0.05) is 6.07 Å². The summed E-state index contributed by atoms with van der Waals surface area (Å²) < 4.78 is 7.82. The fraction of sp³-hybridized carbons (Fsp3) is 0.500. The van der Waals surface area contributed by atoms with E-state index >= 15 is 0 Å². The van der Waals surface area contributed by atoms with Crippen LogP contribution in [0.2, 0.25) is 0 Å². The van der Waals surface area contributed by atoms with Crippen molar-refractivity contribution in [1.82, 2.24) is 9.38 Å². The first-order valence-corrected chi connectivity index (χ1v) is 6.82. The van der Waals surface area contributed by atoms with Crippen LogP contribution >= 0.6 is 0 Å². The van der Waals surface area contributed by atoms with Crippen molar-refractivity contribution in [3.8, 4) is 0 Å². The lowest BCUT2D eigenvalue weighted by Gasteiger charge is -2.32. The summed E-state index contributed by atoms with van der Waals surface area (Å²) in [6.45, 7) is 1.77. The van der Waals surface area contributed by atoms with Crippen LogP contribution in [-0.4, -0.2) is 39.8 Å². The maximum absolute atomic E-state index is 9.66. The molecule has 2 atom stereocenters. The van der Waals surface area contributed by atoms with Crippen LogP contribution < -0.4 is 4.90 Å². The Balaban J connectivity index is 1.78. The van der Waals surface area contributed by atoms with Gasteiger partial charge in [0, 0.05) is 19.3 Å². The van der Waals surface area contributed by atoms with E-state index in [1.807, 2.05) is 28.8 Å². The second-order valence-corrected chi connectivity index (χ2v) is 5.33. The number of pyridine rings is 1. The van der Waals surface area contributed by atoms with E-state index in [4.69, 9.17) is 4.74 Å². The predicted octanol–water partition coefficient (Wildman–Crippen LogP) is 1.19. The summed E-state index contributed by atoms with van der Waals surface area (Å²) in [6, 6.07) is 5.90. The van der Waals surface area contributed by atoms with E-state index in [-0.39, 0.29) is 6.61 Å². The highest BCUT2D eigenvalue weighted by atomic mass is 16.5. The second-order valence-electron chi connectivity index (χ2n) is 5.33. The van der Waals surface area contributed by atoms with Gasteiger partial charge in [0.25, 0.3) is 0 Å². The number of hydrogen-bond donors (Lipinski definition) is 1. The van der Waals surface area contributed by atoms with Crippen molar-refractivity contribution in [2.24, 2.45) is 0 Å². The molecule has 5 heteroatoms. The number of anilines is 1. The normalized spacial score (nSPS) is 26.3. The van der Waals surface area contributed by atoms with Crippen molar-refractivity contribution in [3.05, 3.63) is 30.1 Å². The summed E-state index contributed by atoms with van der Waals surface area (Å²) in [7, 11) is 0. The zero-order valence-corrected chi connectivity index (χ0v) is 10.7. The molecule has 2 bridgehead atoms. The molecule has 0 amide bonds. The summed E-state index contributed by atoms with van der Waals surface area (Å²) >= 11 is 0. The molecule has 100 valence electrons. The quantitative estimate of drug-likeness (QED) is 0.880. The Bertz CT molecular complexity index is 598. The van der Waals surface area contributed by atoms with Crippen molar-refractivity contribution < 1.29 is 9.84 Å². The summed E-state index contributed by atoms with van der Waals surface area (Å²) in [6.07, 6.45) is 4.89. The number of imidazole rings is 1. The minimum absolute atomic E-state index is 0.00715. The molecule has 5 nitrogen and oxygen atoms in total. The molecule has 4 heterocycles. The molecule has 2 fully saturated rings. The van der Waals surface area contributed by atoms with Gasteiger partial charge in [0.2, 0.25) is 0 Å². The third-order valence-corrected chi connectivity index (χ3v) is 4.10.